The molecule has 0 aromatic heterocycles. The van der Waals surface area contributed by atoms with Gasteiger partial charge in [0, 0.05) is 0 Å². The topological polar surface area (TPSA) is 74.6 Å². The molecule has 2 aliphatic carbocycles. The highest BCUT2D eigenvalue weighted by molar-refractivity contribution is 5.76. The van der Waals surface area contributed by atoms with E-state index in [4.69, 9.17) is 0 Å². The summed E-state index contributed by atoms with van der Waals surface area (Å²) in [6.07, 6.45) is 4.35. The fraction of sp³-hybridized carbons (Fsp3) is 0.600. The molecule has 4 unspecified atom stereocenters. The number of hydrogen-bond donors (Lipinski definition) is 2. The first-order valence-corrected chi connectivity index (χ1v) is 8.79. The van der Waals surface area contributed by atoms with Gasteiger partial charge in [-0.1, -0.05) is 31.5 Å². The van der Waals surface area contributed by atoms with Gasteiger partial charge in [-0.05, 0) is 67.6 Å². The van der Waals surface area contributed by atoms with E-state index in [0.29, 0.717) is 0 Å². The molecule has 1 fully saturated rings. The molecule has 2 N–H and O–H groups in total. The van der Waals surface area contributed by atoms with Crippen LogP contribution in [0.25, 0.3) is 0 Å². The zero-order valence-corrected chi connectivity index (χ0v) is 14.6. The largest absolute Gasteiger partial charge is 0.481 e. The Bertz CT molecular complexity index is 695. The maximum atomic E-state index is 11.9. The van der Waals surface area contributed by atoms with Crippen molar-refractivity contribution >= 4 is 11.9 Å². The molecule has 1 aromatic rings. The van der Waals surface area contributed by atoms with Crippen molar-refractivity contribution in [3.05, 3.63) is 34.9 Å². The molecule has 4 nitrogen and oxygen atoms in total. The maximum Gasteiger partial charge on any atom is 0.310 e. The molecule has 4 atom stereocenters. The molecule has 0 bridgehead atoms. The molecular formula is C20H26O4. The third-order valence-corrected chi connectivity index (χ3v) is 6.74. The number of carboxylic acid groups (broad SMARTS) is 2. The van der Waals surface area contributed by atoms with Gasteiger partial charge in [0.05, 0.1) is 11.3 Å². The van der Waals surface area contributed by atoms with Crippen LogP contribution in [0.2, 0.25) is 0 Å². The van der Waals surface area contributed by atoms with Crippen LogP contribution in [0.4, 0.5) is 0 Å². The van der Waals surface area contributed by atoms with Crippen molar-refractivity contribution in [1.82, 2.24) is 0 Å². The molecule has 3 rings (SSSR count). The molecule has 0 saturated heterocycles. The summed E-state index contributed by atoms with van der Waals surface area (Å²) in [7, 11) is 0. The van der Waals surface area contributed by atoms with Crippen molar-refractivity contribution in [1.29, 1.82) is 0 Å². The smallest absolute Gasteiger partial charge is 0.310 e. The van der Waals surface area contributed by atoms with Crippen LogP contribution in [-0.4, -0.2) is 22.2 Å². The van der Waals surface area contributed by atoms with Gasteiger partial charge in [-0.3, -0.25) is 9.59 Å². The van der Waals surface area contributed by atoms with E-state index in [-0.39, 0.29) is 11.3 Å². The van der Waals surface area contributed by atoms with E-state index in [9.17, 15) is 19.8 Å². The molecule has 0 radical (unpaired) electrons. The highest BCUT2D eigenvalue weighted by atomic mass is 16.4. The Hall–Kier alpha value is -1.84. The standard InChI is InChI=1S/C20H26O4/c1-12(17(21)22)13-5-7-15-14(11-13)6-8-16-19(15,2)9-4-10-20(16,3)18(23)24/h5,7,11-12,16H,4,6,8-10H2,1-3H3,(H,21,22)(H,23,24). The average molecular weight is 330 g/mol. The molecular weight excluding hydrogens is 304 g/mol. The lowest BCUT2D eigenvalue weighted by molar-refractivity contribution is -0.157. The number of rotatable bonds is 3. The zero-order chi connectivity index (χ0) is 17.7. The summed E-state index contributed by atoms with van der Waals surface area (Å²) in [5.74, 6) is -1.88. The quantitative estimate of drug-likeness (QED) is 0.879. The second kappa shape index (κ2) is 5.61. The van der Waals surface area contributed by atoms with Crippen LogP contribution in [0.1, 0.15) is 69.1 Å². The molecule has 0 aliphatic heterocycles. The predicted octanol–water partition coefficient (Wildman–Crippen LogP) is 3.97. The molecule has 1 saturated carbocycles. The van der Waals surface area contributed by atoms with Gasteiger partial charge in [0.2, 0.25) is 0 Å². The molecule has 1 aromatic carbocycles. The van der Waals surface area contributed by atoms with Gasteiger partial charge in [-0.25, -0.2) is 0 Å². The first-order chi connectivity index (χ1) is 11.2. The van der Waals surface area contributed by atoms with Gasteiger partial charge >= 0.3 is 11.9 Å². The number of fused-ring (bicyclic) bond motifs is 3. The minimum Gasteiger partial charge on any atom is -0.481 e. The van der Waals surface area contributed by atoms with Gasteiger partial charge in [-0.2, -0.15) is 0 Å². The molecule has 0 heterocycles. The van der Waals surface area contributed by atoms with Crippen LogP contribution >= 0.6 is 0 Å². The number of carboxylic acids is 2. The van der Waals surface area contributed by atoms with E-state index >= 15 is 0 Å². The lowest BCUT2D eigenvalue weighted by Crippen LogP contribution is -2.52. The molecule has 130 valence electrons. The summed E-state index contributed by atoms with van der Waals surface area (Å²) in [5.41, 5.74) is 2.46. The minimum absolute atomic E-state index is 0.131. The van der Waals surface area contributed by atoms with E-state index in [2.05, 4.69) is 13.0 Å². The number of hydrogen-bond acceptors (Lipinski definition) is 2. The molecule has 0 amide bonds. The summed E-state index contributed by atoms with van der Waals surface area (Å²) in [5, 5.41) is 19.1. The summed E-state index contributed by atoms with van der Waals surface area (Å²) in [4.78, 5) is 23.2. The first kappa shape index (κ1) is 17.0. The van der Waals surface area contributed by atoms with Gasteiger partial charge in [0.15, 0.2) is 0 Å². The fourth-order valence-electron chi connectivity index (χ4n) is 5.18. The molecule has 24 heavy (non-hydrogen) atoms. The van der Waals surface area contributed by atoms with Crippen molar-refractivity contribution in [3.63, 3.8) is 0 Å². The molecule has 2 aliphatic rings. The average Bonchev–Trinajstić information content (AvgIpc) is 2.53. The van der Waals surface area contributed by atoms with Crippen molar-refractivity contribution in [2.75, 3.05) is 0 Å². The summed E-state index contributed by atoms with van der Waals surface area (Å²) in [6, 6.07) is 6.00. The third-order valence-electron chi connectivity index (χ3n) is 6.74. The summed E-state index contributed by atoms with van der Waals surface area (Å²) < 4.78 is 0. The van der Waals surface area contributed by atoms with E-state index in [1.807, 2.05) is 19.1 Å². The van der Waals surface area contributed by atoms with E-state index < -0.39 is 23.3 Å². The van der Waals surface area contributed by atoms with Crippen LogP contribution < -0.4 is 0 Å². The van der Waals surface area contributed by atoms with Gasteiger partial charge < -0.3 is 10.2 Å². The number of carbonyl (C=O) groups is 2. The number of aryl methyl sites for hydroxylation is 1. The Labute approximate surface area is 142 Å². The maximum absolute atomic E-state index is 11.9. The SMILES string of the molecule is CC(C(=O)O)c1ccc2c(c1)CCC1C(C)(C(=O)O)CCCC21C. The molecule has 0 spiro atoms. The van der Waals surface area contributed by atoms with Crippen LogP contribution in [0.3, 0.4) is 0 Å². The monoisotopic (exact) mass is 330 g/mol. The predicted molar refractivity (Wildman–Crippen MR) is 91.2 cm³/mol. The van der Waals surface area contributed by atoms with Crippen molar-refractivity contribution in [3.8, 4) is 0 Å². The first-order valence-electron chi connectivity index (χ1n) is 8.79. The lowest BCUT2D eigenvalue weighted by Gasteiger charge is -2.53. The van der Waals surface area contributed by atoms with Crippen LogP contribution in [0.5, 0.6) is 0 Å². The second-order valence-electron chi connectivity index (χ2n) is 8.06. The second-order valence-corrected chi connectivity index (χ2v) is 8.06. The Morgan fingerprint density at radius 2 is 1.92 bits per heavy atom. The normalized spacial score (nSPS) is 33.2. The Morgan fingerprint density at radius 3 is 2.54 bits per heavy atom. The van der Waals surface area contributed by atoms with Gasteiger partial charge in [0.25, 0.3) is 0 Å². The fourth-order valence-corrected chi connectivity index (χ4v) is 5.18. The van der Waals surface area contributed by atoms with E-state index in [1.54, 1.807) is 6.92 Å². The Morgan fingerprint density at radius 1 is 1.21 bits per heavy atom. The van der Waals surface area contributed by atoms with Gasteiger partial charge in [0.1, 0.15) is 0 Å². The highest BCUT2D eigenvalue weighted by Gasteiger charge is 2.55. The van der Waals surface area contributed by atoms with Crippen molar-refractivity contribution < 1.29 is 19.8 Å². The number of benzene rings is 1. The van der Waals surface area contributed by atoms with Crippen LogP contribution in [0.15, 0.2) is 18.2 Å². The minimum atomic E-state index is -0.814. The summed E-state index contributed by atoms with van der Waals surface area (Å²) >= 11 is 0. The van der Waals surface area contributed by atoms with E-state index in [0.717, 1.165) is 37.7 Å². The van der Waals surface area contributed by atoms with Crippen molar-refractivity contribution in [2.45, 2.75) is 64.2 Å². The Balaban J connectivity index is 2.04. The molecule has 4 heteroatoms. The zero-order valence-electron chi connectivity index (χ0n) is 14.6. The number of aliphatic carboxylic acids is 2. The lowest BCUT2D eigenvalue weighted by atomic mass is 9.50. The highest BCUT2D eigenvalue weighted by Crippen LogP contribution is 2.57. The van der Waals surface area contributed by atoms with Crippen LogP contribution in [0, 0.1) is 11.3 Å². The third kappa shape index (κ3) is 2.35. The van der Waals surface area contributed by atoms with Crippen molar-refractivity contribution in [2.24, 2.45) is 11.3 Å². The van der Waals surface area contributed by atoms with Crippen LogP contribution in [-0.2, 0) is 21.4 Å². The Kier molecular flexibility index (Phi) is 3.97. The summed E-state index contributed by atoms with van der Waals surface area (Å²) in [6.45, 7) is 5.82. The van der Waals surface area contributed by atoms with E-state index in [1.165, 1.54) is 11.1 Å². The van der Waals surface area contributed by atoms with Gasteiger partial charge in [-0.15, -0.1) is 0 Å².